The molecule has 0 fully saturated rings. The molecule has 0 spiro atoms. The van der Waals surface area contributed by atoms with Gasteiger partial charge in [0, 0.05) is 11.4 Å². The second kappa shape index (κ2) is 5.68. The number of aliphatic imine (C=N–C) groups is 1. The van der Waals surface area contributed by atoms with Gasteiger partial charge in [-0.05, 0) is 37.5 Å². The number of halogens is 3. The Kier molecular flexibility index (Phi) is 4.32. The van der Waals surface area contributed by atoms with Crippen LogP contribution < -0.4 is 5.32 Å². The third-order valence-electron chi connectivity index (χ3n) is 3.43. The molecular formula is C14H17F3N2S. The second-order valence-electron chi connectivity index (χ2n) is 5.12. The van der Waals surface area contributed by atoms with Crippen LogP contribution in [0, 0.1) is 12.8 Å². The molecule has 1 aromatic carbocycles. The van der Waals surface area contributed by atoms with Crippen molar-refractivity contribution in [1.29, 1.82) is 0 Å². The van der Waals surface area contributed by atoms with Crippen molar-refractivity contribution in [3.05, 3.63) is 29.3 Å². The summed E-state index contributed by atoms with van der Waals surface area (Å²) in [6.07, 6.45) is -4.33. The van der Waals surface area contributed by atoms with Gasteiger partial charge in [-0.2, -0.15) is 13.2 Å². The predicted molar refractivity (Wildman–Crippen MR) is 78.3 cm³/mol. The van der Waals surface area contributed by atoms with E-state index in [4.69, 9.17) is 0 Å². The largest absolute Gasteiger partial charge is 0.416 e. The first-order chi connectivity index (χ1) is 9.27. The zero-order valence-corrected chi connectivity index (χ0v) is 12.4. The van der Waals surface area contributed by atoms with E-state index in [1.54, 1.807) is 18.7 Å². The number of anilines is 1. The number of aryl methyl sites for hydroxylation is 1. The van der Waals surface area contributed by atoms with Crippen molar-refractivity contribution in [2.45, 2.75) is 33.0 Å². The SMILES string of the molecule is Cc1ccc(C(F)(F)F)cc1NC1=NC(C)C(C)CS1. The first kappa shape index (κ1) is 15.2. The van der Waals surface area contributed by atoms with E-state index in [1.165, 1.54) is 6.07 Å². The molecule has 2 atom stereocenters. The summed E-state index contributed by atoms with van der Waals surface area (Å²) in [7, 11) is 0. The maximum Gasteiger partial charge on any atom is 0.416 e. The third kappa shape index (κ3) is 3.48. The van der Waals surface area contributed by atoms with Crippen molar-refractivity contribution < 1.29 is 13.2 Å². The third-order valence-corrected chi connectivity index (χ3v) is 4.61. The molecule has 0 aromatic heterocycles. The van der Waals surface area contributed by atoms with Crippen LogP contribution in [-0.4, -0.2) is 17.0 Å². The molecule has 1 aliphatic heterocycles. The van der Waals surface area contributed by atoms with Crippen LogP contribution in [-0.2, 0) is 6.18 Å². The fourth-order valence-corrected chi connectivity index (χ4v) is 2.94. The Balaban J connectivity index is 2.23. The Hall–Kier alpha value is -1.17. The van der Waals surface area contributed by atoms with Crippen LogP contribution in [0.15, 0.2) is 23.2 Å². The van der Waals surface area contributed by atoms with Gasteiger partial charge in [-0.3, -0.25) is 4.99 Å². The van der Waals surface area contributed by atoms with Crippen molar-refractivity contribution in [2.24, 2.45) is 10.9 Å². The van der Waals surface area contributed by atoms with Gasteiger partial charge in [0.1, 0.15) is 0 Å². The Bertz CT molecular complexity index is 526. The molecule has 20 heavy (non-hydrogen) atoms. The van der Waals surface area contributed by atoms with Gasteiger partial charge < -0.3 is 5.32 Å². The van der Waals surface area contributed by atoms with E-state index in [2.05, 4.69) is 17.2 Å². The number of nitrogens with zero attached hydrogens (tertiary/aromatic N) is 1. The van der Waals surface area contributed by atoms with E-state index in [1.807, 2.05) is 6.92 Å². The highest BCUT2D eigenvalue weighted by atomic mass is 32.2. The van der Waals surface area contributed by atoms with E-state index in [-0.39, 0.29) is 6.04 Å². The maximum atomic E-state index is 12.7. The van der Waals surface area contributed by atoms with Gasteiger partial charge in [0.25, 0.3) is 0 Å². The summed E-state index contributed by atoms with van der Waals surface area (Å²) in [6, 6.07) is 3.90. The highest BCUT2D eigenvalue weighted by Crippen LogP contribution is 2.33. The first-order valence-electron chi connectivity index (χ1n) is 6.43. The molecule has 0 aliphatic carbocycles. The average molecular weight is 302 g/mol. The Morgan fingerprint density at radius 2 is 2.00 bits per heavy atom. The number of rotatable bonds is 1. The second-order valence-corrected chi connectivity index (χ2v) is 6.12. The number of thioether (sulfide) groups is 1. The molecule has 1 aromatic rings. The van der Waals surface area contributed by atoms with Crippen LogP contribution >= 0.6 is 11.8 Å². The number of hydrogen-bond donors (Lipinski definition) is 1. The van der Waals surface area contributed by atoms with E-state index < -0.39 is 11.7 Å². The van der Waals surface area contributed by atoms with Gasteiger partial charge in [0.2, 0.25) is 0 Å². The summed E-state index contributed by atoms with van der Waals surface area (Å²) < 4.78 is 38.2. The van der Waals surface area contributed by atoms with Crippen molar-refractivity contribution in [3.63, 3.8) is 0 Å². The van der Waals surface area contributed by atoms with Gasteiger partial charge in [0.15, 0.2) is 5.17 Å². The minimum absolute atomic E-state index is 0.185. The molecule has 2 rings (SSSR count). The number of alkyl halides is 3. The molecule has 2 nitrogen and oxygen atoms in total. The average Bonchev–Trinajstić information content (AvgIpc) is 2.35. The Morgan fingerprint density at radius 1 is 1.30 bits per heavy atom. The van der Waals surface area contributed by atoms with Crippen LogP contribution in [0.1, 0.15) is 25.0 Å². The zero-order valence-electron chi connectivity index (χ0n) is 11.6. The highest BCUT2D eigenvalue weighted by molar-refractivity contribution is 8.14. The normalized spacial score (nSPS) is 23.4. The van der Waals surface area contributed by atoms with Crippen LogP contribution in [0.5, 0.6) is 0 Å². The lowest BCUT2D eigenvalue weighted by Crippen LogP contribution is -2.25. The monoisotopic (exact) mass is 302 g/mol. The van der Waals surface area contributed by atoms with Gasteiger partial charge in [-0.25, -0.2) is 0 Å². The molecule has 0 radical (unpaired) electrons. The van der Waals surface area contributed by atoms with Gasteiger partial charge >= 0.3 is 6.18 Å². The molecule has 0 amide bonds. The Morgan fingerprint density at radius 3 is 2.60 bits per heavy atom. The summed E-state index contributed by atoms with van der Waals surface area (Å²) in [6.45, 7) is 5.92. The molecule has 2 unspecified atom stereocenters. The molecule has 0 saturated carbocycles. The van der Waals surface area contributed by atoms with E-state index >= 15 is 0 Å². The van der Waals surface area contributed by atoms with Gasteiger partial charge in [-0.1, -0.05) is 24.8 Å². The quantitative estimate of drug-likeness (QED) is 0.823. The van der Waals surface area contributed by atoms with E-state index in [0.717, 1.165) is 23.4 Å². The molecule has 1 heterocycles. The predicted octanol–water partition coefficient (Wildman–Crippen LogP) is 4.55. The minimum atomic E-state index is -4.33. The van der Waals surface area contributed by atoms with Crippen molar-refractivity contribution in [2.75, 3.05) is 11.1 Å². The van der Waals surface area contributed by atoms with Gasteiger partial charge in [0.05, 0.1) is 11.6 Å². The lowest BCUT2D eigenvalue weighted by Gasteiger charge is -2.24. The molecule has 0 saturated heterocycles. The zero-order chi connectivity index (χ0) is 14.9. The topological polar surface area (TPSA) is 24.4 Å². The Labute approximate surface area is 120 Å². The lowest BCUT2D eigenvalue weighted by atomic mass is 10.1. The molecule has 6 heteroatoms. The standard InChI is InChI=1S/C14H17F3N2S/c1-8-4-5-11(14(15,16)17)6-12(8)19-13-18-10(3)9(2)7-20-13/h4-6,9-10H,7H2,1-3H3,(H,18,19). The fraction of sp³-hybridized carbons (Fsp3) is 0.500. The summed E-state index contributed by atoms with van der Waals surface area (Å²) in [5, 5.41) is 3.72. The lowest BCUT2D eigenvalue weighted by molar-refractivity contribution is -0.137. The number of nitrogens with one attached hydrogen (secondary N) is 1. The molecule has 110 valence electrons. The van der Waals surface area contributed by atoms with Crippen molar-refractivity contribution in [1.82, 2.24) is 0 Å². The fourth-order valence-electron chi connectivity index (χ4n) is 1.82. The minimum Gasteiger partial charge on any atom is -0.335 e. The number of benzene rings is 1. The van der Waals surface area contributed by atoms with Crippen LogP contribution in [0.2, 0.25) is 0 Å². The molecule has 1 aliphatic rings. The molecular weight excluding hydrogens is 285 g/mol. The summed E-state index contributed by atoms with van der Waals surface area (Å²) in [5.41, 5.74) is 0.592. The van der Waals surface area contributed by atoms with E-state index in [0.29, 0.717) is 16.8 Å². The smallest absolute Gasteiger partial charge is 0.335 e. The van der Waals surface area contributed by atoms with Crippen molar-refractivity contribution >= 4 is 22.6 Å². The number of hydrogen-bond acceptors (Lipinski definition) is 3. The number of amidine groups is 1. The van der Waals surface area contributed by atoms with Crippen LogP contribution in [0.25, 0.3) is 0 Å². The maximum absolute atomic E-state index is 12.7. The summed E-state index contributed by atoms with van der Waals surface area (Å²) >= 11 is 1.55. The van der Waals surface area contributed by atoms with Crippen LogP contribution in [0.3, 0.4) is 0 Å². The van der Waals surface area contributed by atoms with E-state index in [9.17, 15) is 13.2 Å². The first-order valence-corrected chi connectivity index (χ1v) is 7.41. The summed E-state index contributed by atoms with van der Waals surface area (Å²) in [4.78, 5) is 4.48. The van der Waals surface area contributed by atoms with Gasteiger partial charge in [-0.15, -0.1) is 0 Å². The summed E-state index contributed by atoms with van der Waals surface area (Å²) in [5.74, 6) is 1.40. The molecule has 1 N–H and O–H groups in total. The molecule has 0 bridgehead atoms. The highest BCUT2D eigenvalue weighted by Gasteiger charge is 2.31. The van der Waals surface area contributed by atoms with Crippen molar-refractivity contribution in [3.8, 4) is 0 Å². The van der Waals surface area contributed by atoms with Crippen LogP contribution in [0.4, 0.5) is 18.9 Å².